The highest BCUT2D eigenvalue weighted by Crippen LogP contribution is 2.29. The number of methoxy groups -OCH3 is 1. The predicted octanol–water partition coefficient (Wildman–Crippen LogP) is 3.18. The highest BCUT2D eigenvalue weighted by molar-refractivity contribution is 5.83. The van der Waals surface area contributed by atoms with Crippen LogP contribution in [0, 0.1) is 0 Å². The van der Waals surface area contributed by atoms with E-state index in [-0.39, 0.29) is 0 Å². The molecule has 0 aliphatic rings. The van der Waals surface area contributed by atoms with Crippen molar-refractivity contribution in [3.63, 3.8) is 0 Å². The van der Waals surface area contributed by atoms with Gasteiger partial charge in [-0.2, -0.15) is 18.3 Å². The fraction of sp³-hybridized carbons (Fsp3) is 0.278. The van der Waals surface area contributed by atoms with Crippen LogP contribution in [0.25, 0.3) is 0 Å². The van der Waals surface area contributed by atoms with Crippen molar-refractivity contribution in [3.05, 3.63) is 59.2 Å². The average Bonchev–Trinajstić information content (AvgIpc) is 2.62. The van der Waals surface area contributed by atoms with Gasteiger partial charge < -0.3 is 20.6 Å². The minimum absolute atomic E-state index is 0.397. The molecule has 140 valence electrons. The smallest absolute Gasteiger partial charge is 0.416 e. The van der Waals surface area contributed by atoms with Gasteiger partial charge in [0.05, 0.1) is 18.9 Å². The molecular formula is C18H20F3N3O2. The van der Waals surface area contributed by atoms with Crippen LogP contribution in [0.5, 0.6) is 11.5 Å². The van der Waals surface area contributed by atoms with Crippen molar-refractivity contribution >= 4 is 6.21 Å². The molecule has 0 unspecified atom stereocenters. The molecule has 0 bridgehead atoms. The maximum Gasteiger partial charge on any atom is 0.416 e. The molecule has 3 N–H and O–H groups in total. The molecule has 0 saturated carbocycles. The molecule has 0 fully saturated rings. The molecule has 2 aromatic rings. The van der Waals surface area contributed by atoms with Crippen LogP contribution in [0.4, 0.5) is 13.2 Å². The SMILES string of the molecule is COc1cc(OCCNCc2ccc(C(F)(F)F)cc2)ccc1C=NN. The van der Waals surface area contributed by atoms with Crippen molar-refractivity contribution in [2.45, 2.75) is 12.7 Å². The quantitative estimate of drug-likeness (QED) is 0.325. The van der Waals surface area contributed by atoms with E-state index >= 15 is 0 Å². The van der Waals surface area contributed by atoms with Crippen LogP contribution >= 0.6 is 0 Å². The maximum absolute atomic E-state index is 12.5. The Morgan fingerprint density at radius 3 is 2.50 bits per heavy atom. The summed E-state index contributed by atoms with van der Waals surface area (Å²) in [5.74, 6) is 6.36. The number of halogens is 3. The minimum atomic E-state index is -4.31. The van der Waals surface area contributed by atoms with Gasteiger partial charge in [-0.3, -0.25) is 0 Å². The van der Waals surface area contributed by atoms with E-state index in [9.17, 15) is 13.2 Å². The third-order valence-corrected chi connectivity index (χ3v) is 3.58. The molecule has 26 heavy (non-hydrogen) atoms. The molecule has 8 heteroatoms. The molecule has 2 aromatic carbocycles. The van der Waals surface area contributed by atoms with E-state index in [0.29, 0.717) is 31.2 Å². The molecule has 0 radical (unpaired) electrons. The van der Waals surface area contributed by atoms with Crippen LogP contribution in [0.1, 0.15) is 16.7 Å². The summed E-state index contributed by atoms with van der Waals surface area (Å²) in [6.45, 7) is 1.39. The lowest BCUT2D eigenvalue weighted by atomic mass is 10.1. The largest absolute Gasteiger partial charge is 0.496 e. The van der Waals surface area contributed by atoms with Gasteiger partial charge in [-0.15, -0.1) is 0 Å². The van der Waals surface area contributed by atoms with E-state index in [1.54, 1.807) is 25.3 Å². The monoisotopic (exact) mass is 367 g/mol. The normalized spacial score (nSPS) is 11.7. The van der Waals surface area contributed by atoms with Crippen molar-refractivity contribution in [1.29, 1.82) is 0 Å². The van der Waals surface area contributed by atoms with Gasteiger partial charge in [-0.05, 0) is 29.8 Å². The molecule has 2 rings (SSSR count). The Balaban J connectivity index is 1.77. The third kappa shape index (κ3) is 5.66. The first-order chi connectivity index (χ1) is 12.4. The molecule has 0 aromatic heterocycles. The van der Waals surface area contributed by atoms with Crippen molar-refractivity contribution in [2.24, 2.45) is 10.9 Å². The van der Waals surface area contributed by atoms with Crippen LogP contribution < -0.4 is 20.6 Å². The van der Waals surface area contributed by atoms with Crippen molar-refractivity contribution in [1.82, 2.24) is 5.32 Å². The molecule has 0 aliphatic heterocycles. The zero-order chi connectivity index (χ0) is 19.0. The molecule has 0 spiro atoms. The Bertz CT molecular complexity index is 731. The van der Waals surface area contributed by atoms with E-state index in [0.717, 1.165) is 23.3 Å². The number of nitrogens with two attached hydrogens (primary N) is 1. The Morgan fingerprint density at radius 1 is 1.15 bits per heavy atom. The Hall–Kier alpha value is -2.74. The van der Waals surface area contributed by atoms with Crippen LogP contribution in [-0.4, -0.2) is 26.5 Å². The standard InChI is InChI=1S/C18H20F3N3O2/c1-25-17-10-16(7-4-14(17)12-24-22)26-9-8-23-11-13-2-5-15(6-3-13)18(19,20)21/h2-7,10,12,23H,8-9,11,22H2,1H3. The van der Waals surface area contributed by atoms with Crippen LogP contribution in [0.15, 0.2) is 47.6 Å². The third-order valence-electron chi connectivity index (χ3n) is 3.58. The lowest BCUT2D eigenvalue weighted by Crippen LogP contribution is -2.20. The molecule has 0 saturated heterocycles. The van der Waals surface area contributed by atoms with E-state index in [4.69, 9.17) is 15.3 Å². The van der Waals surface area contributed by atoms with Crippen molar-refractivity contribution < 1.29 is 22.6 Å². The van der Waals surface area contributed by atoms with Gasteiger partial charge >= 0.3 is 6.18 Å². The molecule has 5 nitrogen and oxygen atoms in total. The van der Waals surface area contributed by atoms with Crippen LogP contribution in [-0.2, 0) is 12.7 Å². The van der Waals surface area contributed by atoms with Gasteiger partial charge in [-0.25, -0.2) is 0 Å². The topological polar surface area (TPSA) is 68.9 Å². The van der Waals surface area contributed by atoms with Gasteiger partial charge in [-0.1, -0.05) is 12.1 Å². The average molecular weight is 367 g/mol. The van der Waals surface area contributed by atoms with Crippen LogP contribution in [0.3, 0.4) is 0 Å². The van der Waals surface area contributed by atoms with E-state index in [1.165, 1.54) is 18.3 Å². The fourth-order valence-electron chi connectivity index (χ4n) is 2.25. The lowest BCUT2D eigenvalue weighted by molar-refractivity contribution is -0.137. The summed E-state index contributed by atoms with van der Waals surface area (Å²) in [4.78, 5) is 0. The Labute approximate surface area is 149 Å². The van der Waals surface area contributed by atoms with E-state index < -0.39 is 11.7 Å². The fourth-order valence-corrected chi connectivity index (χ4v) is 2.25. The maximum atomic E-state index is 12.5. The second-order valence-corrected chi connectivity index (χ2v) is 5.40. The summed E-state index contributed by atoms with van der Waals surface area (Å²) < 4.78 is 48.4. The van der Waals surface area contributed by atoms with Crippen molar-refractivity contribution in [2.75, 3.05) is 20.3 Å². The van der Waals surface area contributed by atoms with Gasteiger partial charge in [0.2, 0.25) is 0 Å². The number of rotatable bonds is 8. The summed E-state index contributed by atoms with van der Waals surface area (Å²) in [6.07, 6.45) is -2.83. The highest BCUT2D eigenvalue weighted by atomic mass is 19.4. The van der Waals surface area contributed by atoms with Crippen molar-refractivity contribution in [3.8, 4) is 11.5 Å². The second-order valence-electron chi connectivity index (χ2n) is 5.40. The zero-order valence-corrected chi connectivity index (χ0v) is 14.2. The first kappa shape index (κ1) is 19.6. The number of hydrogen-bond acceptors (Lipinski definition) is 5. The first-order valence-electron chi connectivity index (χ1n) is 7.85. The second kappa shape index (κ2) is 9.10. The Kier molecular flexibility index (Phi) is 6.85. The summed E-state index contributed by atoms with van der Waals surface area (Å²) in [5, 5.41) is 6.58. The summed E-state index contributed by atoms with van der Waals surface area (Å²) in [7, 11) is 1.54. The number of hydrazone groups is 1. The number of nitrogens with zero attached hydrogens (tertiary/aromatic N) is 1. The number of alkyl halides is 3. The molecular weight excluding hydrogens is 347 g/mol. The van der Waals surface area contributed by atoms with E-state index in [2.05, 4.69) is 10.4 Å². The summed E-state index contributed by atoms with van der Waals surface area (Å²) in [6, 6.07) is 10.3. The summed E-state index contributed by atoms with van der Waals surface area (Å²) >= 11 is 0. The molecule has 0 aliphatic carbocycles. The number of nitrogens with one attached hydrogen (secondary N) is 1. The van der Waals surface area contributed by atoms with Gasteiger partial charge in [0, 0.05) is 24.7 Å². The van der Waals surface area contributed by atoms with Crippen LogP contribution in [0.2, 0.25) is 0 Å². The zero-order valence-electron chi connectivity index (χ0n) is 14.2. The molecule has 0 atom stereocenters. The number of hydrogen-bond donors (Lipinski definition) is 2. The Morgan fingerprint density at radius 2 is 1.88 bits per heavy atom. The van der Waals surface area contributed by atoms with E-state index in [1.807, 2.05) is 0 Å². The van der Waals surface area contributed by atoms with Gasteiger partial charge in [0.1, 0.15) is 18.1 Å². The lowest BCUT2D eigenvalue weighted by Gasteiger charge is -2.11. The predicted molar refractivity (Wildman–Crippen MR) is 93.4 cm³/mol. The number of ether oxygens (including phenoxy) is 2. The molecule has 0 amide bonds. The first-order valence-corrected chi connectivity index (χ1v) is 7.85. The summed E-state index contributed by atoms with van der Waals surface area (Å²) in [5.41, 5.74) is 0.856. The van der Waals surface area contributed by atoms with Gasteiger partial charge in [0.25, 0.3) is 0 Å². The highest BCUT2D eigenvalue weighted by Gasteiger charge is 2.29. The number of benzene rings is 2. The van der Waals surface area contributed by atoms with Gasteiger partial charge in [0.15, 0.2) is 0 Å². The molecule has 0 heterocycles. The minimum Gasteiger partial charge on any atom is -0.496 e.